The molecule has 0 aromatic carbocycles. The highest BCUT2D eigenvalue weighted by atomic mass is 16.1. The molecular weight excluding hydrogens is 126 g/mol. The molecule has 0 saturated carbocycles. The van der Waals surface area contributed by atoms with Gasteiger partial charge in [-0.1, -0.05) is 6.08 Å². The highest BCUT2D eigenvalue weighted by molar-refractivity contribution is 5.81. The maximum Gasteiger partial charge on any atom is 0.140 e. The van der Waals surface area contributed by atoms with Crippen LogP contribution in [-0.4, -0.2) is 24.3 Å². The summed E-state index contributed by atoms with van der Waals surface area (Å²) < 4.78 is 0. The fourth-order valence-electron chi connectivity index (χ4n) is 1.18. The standard InChI is InChI=1S/C8H13NO/c1-3-7-6-8(10)4-5-9(7)2/h3H,4-6H2,1-2H3. The number of likely N-dealkylation sites (tertiary alicyclic amines) is 1. The molecule has 0 atom stereocenters. The second-order valence-corrected chi connectivity index (χ2v) is 2.67. The van der Waals surface area contributed by atoms with Crippen LogP contribution in [0.1, 0.15) is 19.8 Å². The van der Waals surface area contributed by atoms with E-state index in [0.29, 0.717) is 18.6 Å². The zero-order valence-corrected chi connectivity index (χ0v) is 6.55. The van der Waals surface area contributed by atoms with Crippen molar-refractivity contribution < 1.29 is 4.79 Å². The lowest BCUT2D eigenvalue weighted by molar-refractivity contribution is -0.120. The first-order valence-electron chi connectivity index (χ1n) is 3.62. The molecule has 1 heterocycles. The third-order valence-corrected chi connectivity index (χ3v) is 1.93. The number of Topliss-reactive ketones (excluding diaryl/α,β-unsaturated/α-hetero) is 1. The summed E-state index contributed by atoms with van der Waals surface area (Å²) >= 11 is 0. The minimum atomic E-state index is 0.367. The zero-order valence-electron chi connectivity index (χ0n) is 6.55. The summed E-state index contributed by atoms with van der Waals surface area (Å²) in [6.45, 7) is 2.86. The minimum Gasteiger partial charge on any atom is -0.377 e. The first-order chi connectivity index (χ1) is 4.74. The van der Waals surface area contributed by atoms with Crippen LogP contribution in [0.2, 0.25) is 0 Å². The van der Waals surface area contributed by atoms with Crippen LogP contribution in [0.4, 0.5) is 0 Å². The van der Waals surface area contributed by atoms with Gasteiger partial charge >= 0.3 is 0 Å². The van der Waals surface area contributed by atoms with Gasteiger partial charge in [0.15, 0.2) is 0 Å². The number of piperidine rings is 1. The fraction of sp³-hybridized carbons (Fsp3) is 0.625. The van der Waals surface area contributed by atoms with Gasteiger partial charge in [0.05, 0.1) is 0 Å². The van der Waals surface area contributed by atoms with Gasteiger partial charge in [-0.25, -0.2) is 0 Å². The summed E-state index contributed by atoms with van der Waals surface area (Å²) in [6, 6.07) is 0. The van der Waals surface area contributed by atoms with Gasteiger partial charge in [-0.2, -0.15) is 0 Å². The van der Waals surface area contributed by atoms with Gasteiger partial charge in [-0.05, 0) is 6.92 Å². The highest BCUT2D eigenvalue weighted by Gasteiger charge is 2.15. The lowest BCUT2D eigenvalue weighted by Crippen LogP contribution is -2.28. The lowest BCUT2D eigenvalue weighted by Gasteiger charge is -2.26. The molecule has 2 heteroatoms. The topological polar surface area (TPSA) is 20.3 Å². The van der Waals surface area contributed by atoms with Crippen LogP contribution < -0.4 is 0 Å². The summed E-state index contributed by atoms with van der Waals surface area (Å²) in [5.41, 5.74) is 1.16. The van der Waals surface area contributed by atoms with Gasteiger partial charge in [0, 0.05) is 32.1 Å². The molecule has 0 N–H and O–H groups in total. The van der Waals surface area contributed by atoms with E-state index in [1.165, 1.54) is 0 Å². The fourth-order valence-corrected chi connectivity index (χ4v) is 1.18. The van der Waals surface area contributed by atoms with Gasteiger partial charge < -0.3 is 4.90 Å². The monoisotopic (exact) mass is 139 g/mol. The van der Waals surface area contributed by atoms with Crippen molar-refractivity contribution in [3.05, 3.63) is 11.8 Å². The Morgan fingerprint density at radius 1 is 1.60 bits per heavy atom. The third kappa shape index (κ3) is 1.38. The molecule has 1 aliphatic rings. The Kier molecular flexibility index (Phi) is 2.10. The maximum absolute atomic E-state index is 10.9. The number of carbonyl (C=O) groups excluding carboxylic acids is 1. The van der Waals surface area contributed by atoms with E-state index in [9.17, 15) is 4.79 Å². The Labute approximate surface area is 61.5 Å². The molecule has 0 aliphatic carbocycles. The summed E-state index contributed by atoms with van der Waals surface area (Å²) in [7, 11) is 2.03. The molecule has 0 bridgehead atoms. The van der Waals surface area contributed by atoms with Crippen molar-refractivity contribution in [3.8, 4) is 0 Å². The lowest BCUT2D eigenvalue weighted by atomic mass is 10.1. The number of rotatable bonds is 0. The normalized spacial score (nSPS) is 24.0. The van der Waals surface area contributed by atoms with Gasteiger partial charge in [-0.3, -0.25) is 4.79 Å². The van der Waals surface area contributed by atoms with Crippen LogP contribution in [0.25, 0.3) is 0 Å². The van der Waals surface area contributed by atoms with Gasteiger partial charge in [0.25, 0.3) is 0 Å². The second kappa shape index (κ2) is 2.86. The smallest absolute Gasteiger partial charge is 0.140 e. The molecule has 0 spiro atoms. The zero-order chi connectivity index (χ0) is 7.56. The Bertz CT molecular complexity index is 172. The van der Waals surface area contributed by atoms with E-state index >= 15 is 0 Å². The van der Waals surface area contributed by atoms with E-state index in [1.54, 1.807) is 0 Å². The highest BCUT2D eigenvalue weighted by Crippen LogP contribution is 2.14. The predicted molar refractivity (Wildman–Crippen MR) is 40.6 cm³/mol. The van der Waals surface area contributed by atoms with Crippen molar-refractivity contribution in [3.63, 3.8) is 0 Å². The number of hydrogen-bond donors (Lipinski definition) is 0. The maximum atomic E-state index is 10.9. The Hall–Kier alpha value is -0.790. The van der Waals surface area contributed by atoms with Crippen LogP contribution in [0.5, 0.6) is 0 Å². The van der Waals surface area contributed by atoms with E-state index in [4.69, 9.17) is 0 Å². The third-order valence-electron chi connectivity index (χ3n) is 1.93. The number of hydrogen-bond acceptors (Lipinski definition) is 2. The summed E-state index contributed by atoms with van der Waals surface area (Å²) in [4.78, 5) is 13.1. The number of allylic oxidation sites excluding steroid dienone is 2. The van der Waals surface area contributed by atoms with Crippen LogP contribution >= 0.6 is 0 Å². The van der Waals surface area contributed by atoms with Crippen LogP contribution in [0.15, 0.2) is 11.8 Å². The van der Waals surface area contributed by atoms with Crippen LogP contribution in [0.3, 0.4) is 0 Å². The van der Waals surface area contributed by atoms with E-state index in [1.807, 2.05) is 20.0 Å². The summed E-state index contributed by atoms with van der Waals surface area (Å²) in [5, 5.41) is 0. The first kappa shape index (κ1) is 7.32. The molecule has 0 aromatic rings. The van der Waals surface area contributed by atoms with Crippen molar-refractivity contribution in [1.29, 1.82) is 0 Å². The molecule has 0 radical (unpaired) electrons. The number of ketones is 1. The van der Waals surface area contributed by atoms with E-state index in [-0.39, 0.29) is 0 Å². The van der Waals surface area contributed by atoms with E-state index in [0.717, 1.165) is 12.2 Å². The minimum absolute atomic E-state index is 0.367. The van der Waals surface area contributed by atoms with Crippen molar-refractivity contribution in [2.45, 2.75) is 19.8 Å². The van der Waals surface area contributed by atoms with Gasteiger partial charge in [0.2, 0.25) is 0 Å². The SMILES string of the molecule is CC=C1CC(=O)CCN1C. The molecule has 56 valence electrons. The van der Waals surface area contributed by atoms with E-state index < -0.39 is 0 Å². The van der Waals surface area contributed by atoms with E-state index in [2.05, 4.69) is 4.90 Å². The molecule has 0 amide bonds. The number of nitrogens with zero attached hydrogens (tertiary/aromatic N) is 1. The van der Waals surface area contributed by atoms with Crippen molar-refractivity contribution in [2.24, 2.45) is 0 Å². The molecule has 1 saturated heterocycles. The molecule has 1 fully saturated rings. The molecule has 0 aromatic heterocycles. The average molecular weight is 139 g/mol. The van der Waals surface area contributed by atoms with Crippen molar-refractivity contribution in [1.82, 2.24) is 4.90 Å². The quantitative estimate of drug-likeness (QED) is 0.502. The molecule has 1 rings (SSSR count). The largest absolute Gasteiger partial charge is 0.377 e. The van der Waals surface area contributed by atoms with Gasteiger partial charge in [0.1, 0.15) is 5.78 Å². The van der Waals surface area contributed by atoms with Crippen LogP contribution in [0, 0.1) is 0 Å². The Balaban J connectivity index is 2.63. The molecule has 1 aliphatic heterocycles. The number of carbonyl (C=O) groups is 1. The molecule has 2 nitrogen and oxygen atoms in total. The molecule has 10 heavy (non-hydrogen) atoms. The summed E-state index contributed by atoms with van der Waals surface area (Å²) in [5.74, 6) is 0.367. The van der Waals surface area contributed by atoms with Crippen molar-refractivity contribution in [2.75, 3.05) is 13.6 Å². The van der Waals surface area contributed by atoms with Crippen molar-refractivity contribution >= 4 is 5.78 Å². The Morgan fingerprint density at radius 2 is 2.30 bits per heavy atom. The molecule has 0 unspecified atom stereocenters. The second-order valence-electron chi connectivity index (χ2n) is 2.67. The average Bonchev–Trinajstić information content (AvgIpc) is 1.94. The summed E-state index contributed by atoms with van der Waals surface area (Å²) in [6.07, 6.45) is 3.36. The predicted octanol–water partition coefficient (Wildman–Crippen LogP) is 1.18. The van der Waals surface area contributed by atoms with Crippen LogP contribution in [-0.2, 0) is 4.79 Å². The Morgan fingerprint density at radius 3 is 2.80 bits per heavy atom. The van der Waals surface area contributed by atoms with Gasteiger partial charge in [-0.15, -0.1) is 0 Å². The first-order valence-corrected chi connectivity index (χ1v) is 3.62. The molecular formula is C8H13NO.